The van der Waals surface area contributed by atoms with E-state index in [9.17, 15) is 4.79 Å². The van der Waals surface area contributed by atoms with Gasteiger partial charge in [0.15, 0.2) is 10.3 Å². The van der Waals surface area contributed by atoms with E-state index in [1.807, 2.05) is 32.0 Å². The first-order valence-corrected chi connectivity index (χ1v) is 8.76. The largest absolute Gasteiger partial charge is 0.497 e. The Hall–Kier alpha value is -2.06. The summed E-state index contributed by atoms with van der Waals surface area (Å²) in [6, 6.07) is 5.63. The van der Waals surface area contributed by atoms with Crippen LogP contribution in [0.4, 0.5) is 5.13 Å². The van der Waals surface area contributed by atoms with Gasteiger partial charge >= 0.3 is 0 Å². The SMILES string of the molecule is COc1ccc2nc(SCC(=O)Nc3nc(C)c(C)s3)[nH]c2c1. The molecule has 6 nitrogen and oxygen atoms in total. The fourth-order valence-corrected chi connectivity index (χ4v) is 3.49. The lowest BCUT2D eigenvalue weighted by Crippen LogP contribution is -2.13. The second-order valence-corrected chi connectivity index (χ2v) is 7.09. The third-order valence-corrected chi connectivity index (χ3v) is 5.14. The van der Waals surface area contributed by atoms with Gasteiger partial charge in [0.1, 0.15) is 5.75 Å². The number of carbonyl (C=O) groups excluding carboxylic acids is 1. The van der Waals surface area contributed by atoms with Crippen molar-refractivity contribution in [3.05, 3.63) is 28.8 Å². The zero-order valence-electron chi connectivity index (χ0n) is 13.0. The zero-order chi connectivity index (χ0) is 16.4. The Labute approximate surface area is 141 Å². The van der Waals surface area contributed by atoms with Gasteiger partial charge in [0.05, 0.1) is 29.6 Å². The lowest BCUT2D eigenvalue weighted by Gasteiger charge is -1.99. The topological polar surface area (TPSA) is 79.9 Å². The van der Waals surface area contributed by atoms with E-state index in [0.29, 0.717) is 10.3 Å². The highest BCUT2D eigenvalue weighted by Gasteiger charge is 2.10. The van der Waals surface area contributed by atoms with Crippen LogP contribution in [-0.2, 0) is 4.79 Å². The van der Waals surface area contributed by atoms with Crippen molar-refractivity contribution in [2.45, 2.75) is 19.0 Å². The van der Waals surface area contributed by atoms with Crippen LogP contribution in [0.5, 0.6) is 5.75 Å². The number of H-pyrrole nitrogens is 1. The summed E-state index contributed by atoms with van der Waals surface area (Å²) in [5, 5.41) is 4.15. The number of thiazole rings is 1. The van der Waals surface area contributed by atoms with Crippen molar-refractivity contribution in [3.63, 3.8) is 0 Å². The Kier molecular flexibility index (Phi) is 4.53. The number of rotatable bonds is 5. The Bertz CT molecular complexity index is 837. The van der Waals surface area contributed by atoms with Gasteiger partial charge in [-0.25, -0.2) is 9.97 Å². The van der Waals surface area contributed by atoms with Gasteiger partial charge in [0, 0.05) is 10.9 Å². The molecule has 2 heterocycles. The van der Waals surface area contributed by atoms with E-state index in [1.165, 1.54) is 23.1 Å². The minimum absolute atomic E-state index is 0.0956. The molecule has 0 atom stereocenters. The van der Waals surface area contributed by atoms with Crippen LogP contribution in [0.2, 0.25) is 0 Å². The van der Waals surface area contributed by atoms with E-state index >= 15 is 0 Å². The molecule has 0 bridgehead atoms. The van der Waals surface area contributed by atoms with Crippen molar-refractivity contribution in [2.24, 2.45) is 0 Å². The molecule has 1 amide bonds. The fraction of sp³-hybridized carbons (Fsp3) is 0.267. The molecule has 2 N–H and O–H groups in total. The van der Waals surface area contributed by atoms with E-state index in [-0.39, 0.29) is 11.7 Å². The molecule has 0 unspecified atom stereocenters. The summed E-state index contributed by atoms with van der Waals surface area (Å²) in [7, 11) is 1.62. The second kappa shape index (κ2) is 6.59. The average molecular weight is 348 g/mol. The summed E-state index contributed by atoms with van der Waals surface area (Å²) < 4.78 is 5.18. The third-order valence-electron chi connectivity index (χ3n) is 3.28. The molecule has 1 aromatic carbocycles. The molecular weight excluding hydrogens is 332 g/mol. The molecule has 3 aromatic rings. The Morgan fingerprint density at radius 3 is 2.91 bits per heavy atom. The van der Waals surface area contributed by atoms with E-state index < -0.39 is 0 Å². The van der Waals surface area contributed by atoms with Gasteiger partial charge in [-0.1, -0.05) is 11.8 Å². The van der Waals surface area contributed by atoms with Gasteiger partial charge in [0.25, 0.3) is 0 Å². The summed E-state index contributed by atoms with van der Waals surface area (Å²) in [6.07, 6.45) is 0. The molecular formula is C15H16N4O2S2. The van der Waals surface area contributed by atoms with Gasteiger partial charge in [-0.15, -0.1) is 11.3 Å². The lowest BCUT2D eigenvalue weighted by molar-refractivity contribution is -0.113. The molecule has 0 aliphatic heterocycles. The summed E-state index contributed by atoms with van der Waals surface area (Å²) >= 11 is 2.84. The van der Waals surface area contributed by atoms with Crippen LogP contribution >= 0.6 is 23.1 Å². The van der Waals surface area contributed by atoms with Crippen LogP contribution in [-0.4, -0.2) is 33.7 Å². The molecule has 0 aliphatic carbocycles. The summed E-state index contributed by atoms with van der Waals surface area (Å²) in [5.74, 6) is 0.945. The number of amides is 1. The Morgan fingerprint density at radius 2 is 2.22 bits per heavy atom. The van der Waals surface area contributed by atoms with Crippen LogP contribution < -0.4 is 10.1 Å². The average Bonchev–Trinajstić information content (AvgIpc) is 3.07. The maximum absolute atomic E-state index is 12.0. The van der Waals surface area contributed by atoms with Crippen molar-refractivity contribution < 1.29 is 9.53 Å². The minimum Gasteiger partial charge on any atom is -0.497 e. The van der Waals surface area contributed by atoms with Gasteiger partial charge in [0.2, 0.25) is 5.91 Å². The standard InChI is InChI=1S/C15H16N4O2S2/c1-8-9(2)23-15(16-8)19-13(20)7-22-14-17-11-5-4-10(21-3)6-12(11)18-14/h4-6H,7H2,1-3H3,(H,17,18)(H,16,19,20). The molecule has 23 heavy (non-hydrogen) atoms. The molecule has 0 fully saturated rings. The number of imidazole rings is 1. The van der Waals surface area contributed by atoms with Crippen LogP contribution in [0.25, 0.3) is 11.0 Å². The summed E-state index contributed by atoms with van der Waals surface area (Å²) in [6.45, 7) is 3.92. The van der Waals surface area contributed by atoms with Crippen LogP contribution in [0.3, 0.4) is 0 Å². The van der Waals surface area contributed by atoms with Gasteiger partial charge in [-0.3, -0.25) is 4.79 Å². The molecule has 0 saturated heterocycles. The number of ether oxygens (including phenoxy) is 1. The molecule has 0 saturated carbocycles. The molecule has 3 rings (SSSR count). The van der Waals surface area contributed by atoms with Crippen molar-refractivity contribution in [1.82, 2.24) is 15.0 Å². The number of fused-ring (bicyclic) bond motifs is 1. The molecule has 120 valence electrons. The van der Waals surface area contributed by atoms with Crippen molar-refractivity contribution in [1.29, 1.82) is 0 Å². The van der Waals surface area contributed by atoms with Crippen LogP contribution in [0.15, 0.2) is 23.4 Å². The molecule has 8 heteroatoms. The molecule has 0 spiro atoms. The van der Waals surface area contributed by atoms with E-state index in [2.05, 4.69) is 20.3 Å². The predicted octanol–water partition coefficient (Wildman–Crippen LogP) is 3.38. The van der Waals surface area contributed by atoms with Crippen molar-refractivity contribution in [3.8, 4) is 5.75 Å². The zero-order valence-corrected chi connectivity index (χ0v) is 14.6. The fourth-order valence-electron chi connectivity index (χ4n) is 1.98. The van der Waals surface area contributed by atoms with Crippen LogP contribution in [0.1, 0.15) is 10.6 Å². The lowest BCUT2D eigenvalue weighted by atomic mass is 10.3. The number of thioether (sulfide) groups is 1. The summed E-state index contributed by atoms with van der Waals surface area (Å²) in [5.41, 5.74) is 2.68. The number of hydrogen-bond acceptors (Lipinski definition) is 6. The highest BCUT2D eigenvalue weighted by Crippen LogP contribution is 2.24. The number of hydrogen-bond donors (Lipinski definition) is 2. The number of benzene rings is 1. The van der Waals surface area contributed by atoms with Crippen LogP contribution in [0, 0.1) is 13.8 Å². The highest BCUT2D eigenvalue weighted by atomic mass is 32.2. The number of aromatic amines is 1. The maximum atomic E-state index is 12.0. The number of nitrogens with zero attached hydrogens (tertiary/aromatic N) is 2. The predicted molar refractivity (Wildman–Crippen MR) is 93.6 cm³/mol. The first-order valence-electron chi connectivity index (χ1n) is 6.95. The number of aromatic nitrogens is 3. The van der Waals surface area contributed by atoms with Gasteiger partial charge in [-0.2, -0.15) is 0 Å². The molecule has 0 aliphatic rings. The highest BCUT2D eigenvalue weighted by molar-refractivity contribution is 7.99. The van der Waals surface area contributed by atoms with Crippen molar-refractivity contribution >= 4 is 45.2 Å². The Balaban J connectivity index is 1.62. The number of methoxy groups -OCH3 is 1. The van der Waals surface area contributed by atoms with E-state index in [4.69, 9.17) is 4.74 Å². The second-order valence-electron chi connectivity index (χ2n) is 4.92. The van der Waals surface area contributed by atoms with Crippen molar-refractivity contribution in [2.75, 3.05) is 18.2 Å². The number of anilines is 1. The maximum Gasteiger partial charge on any atom is 0.236 e. The first-order chi connectivity index (χ1) is 11.0. The smallest absolute Gasteiger partial charge is 0.236 e. The quantitative estimate of drug-likeness (QED) is 0.691. The monoisotopic (exact) mass is 348 g/mol. The summed E-state index contributed by atoms with van der Waals surface area (Å²) in [4.78, 5) is 25.0. The number of nitrogens with one attached hydrogen (secondary N) is 2. The molecule has 0 radical (unpaired) electrons. The minimum atomic E-state index is -0.0956. The van der Waals surface area contributed by atoms with Gasteiger partial charge < -0.3 is 15.0 Å². The van der Waals surface area contributed by atoms with E-state index in [1.54, 1.807) is 7.11 Å². The first kappa shape index (κ1) is 15.8. The molecule has 2 aromatic heterocycles. The number of carbonyl (C=O) groups is 1. The Morgan fingerprint density at radius 1 is 1.39 bits per heavy atom. The normalized spacial score (nSPS) is 10.9. The van der Waals surface area contributed by atoms with E-state index in [0.717, 1.165) is 27.4 Å². The number of aryl methyl sites for hydroxylation is 2. The van der Waals surface area contributed by atoms with Gasteiger partial charge in [-0.05, 0) is 26.0 Å². The third kappa shape index (κ3) is 3.65.